The van der Waals surface area contributed by atoms with Gasteiger partial charge in [-0.3, -0.25) is 4.79 Å². The van der Waals surface area contributed by atoms with E-state index >= 15 is 0 Å². The van der Waals surface area contributed by atoms with E-state index in [4.69, 9.17) is 9.47 Å². The normalized spacial score (nSPS) is 20.0. The van der Waals surface area contributed by atoms with Crippen LogP contribution in [0.15, 0.2) is 0 Å². The highest BCUT2D eigenvalue weighted by Crippen LogP contribution is 2.06. The summed E-state index contributed by atoms with van der Waals surface area (Å²) < 4.78 is 10.4. The second-order valence-electron chi connectivity index (χ2n) is 3.90. The monoisotopic (exact) mass is 230 g/mol. The van der Waals surface area contributed by atoms with Crippen LogP contribution < -0.4 is 5.32 Å². The van der Waals surface area contributed by atoms with Crippen LogP contribution in [-0.2, 0) is 14.3 Å². The third kappa shape index (κ3) is 4.47. The summed E-state index contributed by atoms with van der Waals surface area (Å²) >= 11 is 0. The van der Waals surface area contributed by atoms with E-state index in [1.54, 1.807) is 4.90 Å². The Morgan fingerprint density at radius 1 is 1.44 bits per heavy atom. The molecule has 0 aromatic rings. The summed E-state index contributed by atoms with van der Waals surface area (Å²) in [4.78, 5) is 13.5. The molecule has 1 N–H and O–H groups in total. The first kappa shape index (κ1) is 13.4. The van der Waals surface area contributed by atoms with Crippen LogP contribution in [0.25, 0.3) is 0 Å². The molecule has 0 bridgehead atoms. The third-order valence-electron chi connectivity index (χ3n) is 2.78. The maximum absolute atomic E-state index is 11.7. The summed E-state index contributed by atoms with van der Waals surface area (Å²) in [7, 11) is 1.84. The first-order valence-corrected chi connectivity index (χ1v) is 5.87. The van der Waals surface area contributed by atoms with E-state index in [-0.39, 0.29) is 12.5 Å². The summed E-state index contributed by atoms with van der Waals surface area (Å²) in [5.41, 5.74) is 0. The van der Waals surface area contributed by atoms with Crippen LogP contribution in [0.2, 0.25) is 0 Å². The van der Waals surface area contributed by atoms with Crippen molar-refractivity contribution in [2.45, 2.75) is 19.4 Å². The fourth-order valence-corrected chi connectivity index (χ4v) is 1.70. The first-order chi connectivity index (χ1) is 7.75. The van der Waals surface area contributed by atoms with Gasteiger partial charge in [-0.1, -0.05) is 0 Å². The molecular weight excluding hydrogens is 208 g/mol. The molecule has 1 aliphatic heterocycles. The average Bonchev–Trinajstić information content (AvgIpc) is 2.81. The molecule has 5 heteroatoms. The van der Waals surface area contributed by atoms with Crippen molar-refractivity contribution in [2.24, 2.45) is 0 Å². The summed E-state index contributed by atoms with van der Waals surface area (Å²) in [6.45, 7) is 5.69. The van der Waals surface area contributed by atoms with Gasteiger partial charge in [-0.15, -0.1) is 0 Å². The number of nitrogens with one attached hydrogen (secondary N) is 1. The zero-order valence-electron chi connectivity index (χ0n) is 10.2. The van der Waals surface area contributed by atoms with Crippen molar-refractivity contribution in [2.75, 3.05) is 46.6 Å². The van der Waals surface area contributed by atoms with E-state index in [1.807, 2.05) is 14.0 Å². The smallest absolute Gasteiger partial charge is 0.248 e. The molecule has 1 saturated heterocycles. The molecule has 0 aromatic heterocycles. The number of nitrogens with zero attached hydrogens (tertiary/aromatic N) is 1. The lowest BCUT2D eigenvalue weighted by Gasteiger charge is -2.23. The van der Waals surface area contributed by atoms with Gasteiger partial charge in [-0.2, -0.15) is 0 Å². The topological polar surface area (TPSA) is 50.8 Å². The van der Waals surface area contributed by atoms with Crippen LogP contribution in [-0.4, -0.2) is 63.4 Å². The van der Waals surface area contributed by atoms with E-state index < -0.39 is 0 Å². The number of amides is 1. The average molecular weight is 230 g/mol. The van der Waals surface area contributed by atoms with Crippen molar-refractivity contribution in [1.29, 1.82) is 0 Å². The molecule has 1 unspecified atom stereocenters. The zero-order chi connectivity index (χ0) is 11.8. The van der Waals surface area contributed by atoms with Crippen LogP contribution in [0.3, 0.4) is 0 Å². The minimum atomic E-state index is 0.0465. The molecule has 1 atom stereocenters. The fourth-order valence-electron chi connectivity index (χ4n) is 1.70. The Morgan fingerprint density at radius 3 is 2.81 bits per heavy atom. The van der Waals surface area contributed by atoms with E-state index in [9.17, 15) is 4.79 Å². The van der Waals surface area contributed by atoms with Crippen LogP contribution in [0.1, 0.15) is 13.3 Å². The highest BCUT2D eigenvalue weighted by molar-refractivity contribution is 5.77. The fraction of sp³-hybridized carbons (Fsp3) is 0.909. The number of likely N-dealkylation sites (N-methyl/N-ethyl adjacent to an activating group) is 1. The molecule has 0 aliphatic carbocycles. The Hall–Kier alpha value is -0.650. The van der Waals surface area contributed by atoms with Crippen molar-refractivity contribution < 1.29 is 14.3 Å². The maximum atomic E-state index is 11.7. The standard InChI is InChI=1S/C11H22N2O3/c1-3-15-6-7-16-9-11(14)13(2)10-4-5-12-8-10/h10,12H,3-9H2,1-2H3. The molecule has 1 heterocycles. The molecule has 1 amide bonds. The predicted octanol–water partition coefficient (Wildman–Crippen LogP) is -0.140. The third-order valence-corrected chi connectivity index (χ3v) is 2.78. The number of ether oxygens (including phenoxy) is 2. The molecule has 5 nitrogen and oxygen atoms in total. The Balaban J connectivity index is 2.09. The van der Waals surface area contributed by atoms with Crippen LogP contribution in [0, 0.1) is 0 Å². The number of rotatable bonds is 7. The molecule has 1 rings (SSSR count). The lowest BCUT2D eigenvalue weighted by atomic mass is 10.2. The molecular formula is C11H22N2O3. The van der Waals surface area contributed by atoms with Gasteiger partial charge in [-0.05, 0) is 19.9 Å². The van der Waals surface area contributed by atoms with Crippen molar-refractivity contribution in [3.05, 3.63) is 0 Å². The van der Waals surface area contributed by atoms with Crippen LogP contribution >= 0.6 is 0 Å². The maximum Gasteiger partial charge on any atom is 0.248 e. The van der Waals surface area contributed by atoms with Gasteiger partial charge in [0.1, 0.15) is 6.61 Å². The number of carbonyl (C=O) groups excluding carboxylic acids is 1. The van der Waals surface area contributed by atoms with Gasteiger partial charge in [0.25, 0.3) is 0 Å². The minimum absolute atomic E-state index is 0.0465. The number of hydrogen-bond acceptors (Lipinski definition) is 4. The second kappa shape index (κ2) is 7.60. The summed E-state index contributed by atoms with van der Waals surface area (Å²) in [6.07, 6.45) is 1.03. The molecule has 0 radical (unpaired) electrons. The summed E-state index contributed by atoms with van der Waals surface area (Å²) in [6, 6.07) is 0.322. The van der Waals surface area contributed by atoms with Crippen LogP contribution in [0.5, 0.6) is 0 Å². The van der Waals surface area contributed by atoms with Gasteiger partial charge in [-0.25, -0.2) is 0 Å². The van der Waals surface area contributed by atoms with Gasteiger partial charge >= 0.3 is 0 Å². The largest absolute Gasteiger partial charge is 0.379 e. The van der Waals surface area contributed by atoms with Gasteiger partial charge in [0.2, 0.25) is 5.91 Å². The number of carbonyl (C=O) groups is 1. The van der Waals surface area contributed by atoms with Gasteiger partial charge in [0.05, 0.1) is 13.2 Å². The summed E-state index contributed by atoms with van der Waals surface area (Å²) in [5.74, 6) is 0.0465. The van der Waals surface area contributed by atoms with Gasteiger partial charge < -0.3 is 19.7 Å². The van der Waals surface area contributed by atoms with Crippen molar-refractivity contribution in [3.8, 4) is 0 Å². The lowest BCUT2D eigenvalue weighted by molar-refractivity contribution is -0.137. The molecule has 0 saturated carbocycles. The molecule has 0 spiro atoms. The van der Waals surface area contributed by atoms with E-state index in [0.29, 0.717) is 25.9 Å². The van der Waals surface area contributed by atoms with Crippen LogP contribution in [0.4, 0.5) is 0 Å². The zero-order valence-corrected chi connectivity index (χ0v) is 10.2. The Bertz CT molecular complexity index is 205. The molecule has 16 heavy (non-hydrogen) atoms. The van der Waals surface area contributed by atoms with Crippen molar-refractivity contribution in [1.82, 2.24) is 10.2 Å². The summed E-state index contributed by atoms with van der Waals surface area (Å²) in [5, 5.41) is 3.24. The molecule has 0 aromatic carbocycles. The van der Waals surface area contributed by atoms with E-state index in [2.05, 4.69) is 5.32 Å². The highest BCUT2D eigenvalue weighted by atomic mass is 16.5. The Kier molecular flexibility index (Phi) is 6.37. The van der Waals surface area contributed by atoms with Gasteiger partial charge in [0.15, 0.2) is 0 Å². The second-order valence-corrected chi connectivity index (χ2v) is 3.90. The number of hydrogen-bond donors (Lipinski definition) is 1. The van der Waals surface area contributed by atoms with Gasteiger partial charge in [0, 0.05) is 26.2 Å². The SMILES string of the molecule is CCOCCOCC(=O)N(C)C1CCNC1. The Labute approximate surface area is 97.1 Å². The minimum Gasteiger partial charge on any atom is -0.379 e. The molecule has 1 fully saturated rings. The highest BCUT2D eigenvalue weighted by Gasteiger charge is 2.22. The molecule has 94 valence electrons. The van der Waals surface area contributed by atoms with Crippen molar-refractivity contribution >= 4 is 5.91 Å². The molecule has 1 aliphatic rings. The van der Waals surface area contributed by atoms with Crippen molar-refractivity contribution in [3.63, 3.8) is 0 Å². The quantitative estimate of drug-likeness (QED) is 0.619. The first-order valence-electron chi connectivity index (χ1n) is 5.87. The lowest BCUT2D eigenvalue weighted by Crippen LogP contribution is -2.40. The van der Waals surface area contributed by atoms with E-state index in [1.165, 1.54) is 0 Å². The Morgan fingerprint density at radius 2 is 2.19 bits per heavy atom. The predicted molar refractivity (Wildman–Crippen MR) is 61.4 cm³/mol. The van der Waals surface area contributed by atoms with E-state index in [0.717, 1.165) is 19.5 Å².